The van der Waals surface area contributed by atoms with Crippen molar-refractivity contribution < 1.29 is 18.8 Å². The van der Waals surface area contributed by atoms with E-state index in [0.717, 1.165) is 11.2 Å². The summed E-state index contributed by atoms with van der Waals surface area (Å²) in [6, 6.07) is 0. The van der Waals surface area contributed by atoms with Crippen LogP contribution in [0.3, 0.4) is 0 Å². The second-order valence-corrected chi connectivity index (χ2v) is 9.25. The first-order chi connectivity index (χ1) is 12.6. The van der Waals surface area contributed by atoms with Crippen LogP contribution in [0.4, 0.5) is 4.79 Å². The summed E-state index contributed by atoms with van der Waals surface area (Å²) in [5.74, 6) is 0. The molecule has 0 radical (unpaired) electrons. The van der Waals surface area contributed by atoms with Crippen LogP contribution in [0.1, 0.15) is 48.5 Å². The van der Waals surface area contributed by atoms with E-state index < -0.39 is 23.9 Å². The summed E-state index contributed by atoms with van der Waals surface area (Å²) in [5.41, 5.74) is 0.260. The van der Waals surface area contributed by atoms with Crippen molar-refractivity contribution >= 4 is 13.2 Å². The van der Waals surface area contributed by atoms with Crippen molar-refractivity contribution in [2.75, 3.05) is 27.2 Å². The van der Waals surface area contributed by atoms with Crippen LogP contribution < -0.4 is 0 Å². The van der Waals surface area contributed by atoms with Gasteiger partial charge in [0.2, 0.25) is 0 Å². The van der Waals surface area contributed by atoms with Crippen LogP contribution in [-0.2, 0) is 14.0 Å². The Hall–Kier alpha value is -1.73. The topological polar surface area (TPSA) is 51.2 Å². The number of rotatable bonds is 7. The normalized spacial score (nSPS) is 18.6. The Balaban J connectivity index is 2.69. The van der Waals surface area contributed by atoms with E-state index in [1.807, 2.05) is 66.5 Å². The molecular formula is C21H37BN2O4. The van der Waals surface area contributed by atoms with E-state index in [0.29, 0.717) is 13.1 Å². The van der Waals surface area contributed by atoms with Gasteiger partial charge in [-0.05, 0) is 60.0 Å². The third-order valence-corrected chi connectivity index (χ3v) is 5.06. The molecule has 1 heterocycles. The standard InChI is InChI=1S/C21H37BN2O4/c1-12-17(22-27-20(6,7)21(8,9)28-22)15-16(2)23(10)13-14-24(11)18(25)26-19(3,4)5/h12,15H,1-2,13-14H2,3-11H3/b17-15+. The van der Waals surface area contributed by atoms with Gasteiger partial charge in [-0.2, -0.15) is 0 Å². The van der Waals surface area contributed by atoms with Crippen molar-refractivity contribution in [3.05, 3.63) is 36.5 Å². The first kappa shape index (κ1) is 24.3. The molecule has 0 saturated carbocycles. The van der Waals surface area contributed by atoms with Gasteiger partial charge in [0.25, 0.3) is 0 Å². The summed E-state index contributed by atoms with van der Waals surface area (Å²) >= 11 is 0. The first-order valence-electron chi connectivity index (χ1n) is 9.63. The van der Waals surface area contributed by atoms with Gasteiger partial charge in [-0.15, -0.1) is 0 Å². The summed E-state index contributed by atoms with van der Waals surface area (Å²) in [7, 11) is 3.16. The Morgan fingerprint density at radius 3 is 1.96 bits per heavy atom. The molecule has 0 aromatic rings. The molecule has 158 valence electrons. The van der Waals surface area contributed by atoms with E-state index in [-0.39, 0.29) is 6.09 Å². The lowest BCUT2D eigenvalue weighted by Crippen LogP contribution is -2.41. The molecule has 1 saturated heterocycles. The lowest BCUT2D eigenvalue weighted by Gasteiger charge is -2.32. The molecule has 1 aliphatic heterocycles. The second-order valence-electron chi connectivity index (χ2n) is 9.25. The number of hydrogen-bond acceptors (Lipinski definition) is 5. The van der Waals surface area contributed by atoms with Gasteiger partial charge in [0.1, 0.15) is 5.60 Å². The average molecular weight is 392 g/mol. The summed E-state index contributed by atoms with van der Waals surface area (Å²) in [6.07, 6.45) is 3.29. The fourth-order valence-electron chi connectivity index (χ4n) is 2.38. The van der Waals surface area contributed by atoms with Crippen LogP contribution in [0.5, 0.6) is 0 Å². The maximum atomic E-state index is 12.1. The molecule has 0 N–H and O–H groups in total. The number of carbonyl (C=O) groups is 1. The van der Waals surface area contributed by atoms with Crippen LogP contribution in [0, 0.1) is 0 Å². The number of allylic oxidation sites excluding steroid dienone is 3. The second kappa shape index (κ2) is 8.74. The Morgan fingerprint density at radius 1 is 1.07 bits per heavy atom. The smallest absolute Gasteiger partial charge is 0.444 e. The van der Waals surface area contributed by atoms with Crippen LogP contribution >= 0.6 is 0 Å². The third kappa shape index (κ3) is 6.42. The molecule has 0 atom stereocenters. The van der Waals surface area contributed by atoms with Crippen molar-refractivity contribution in [3.63, 3.8) is 0 Å². The number of nitrogens with zero attached hydrogens (tertiary/aromatic N) is 2. The quantitative estimate of drug-likeness (QED) is 0.484. The van der Waals surface area contributed by atoms with E-state index in [1.165, 1.54) is 0 Å². The summed E-state index contributed by atoms with van der Waals surface area (Å²) in [4.78, 5) is 15.6. The van der Waals surface area contributed by atoms with E-state index in [4.69, 9.17) is 14.0 Å². The Labute approximate surface area is 171 Å². The zero-order valence-electron chi connectivity index (χ0n) is 19.1. The molecule has 0 spiro atoms. The molecular weight excluding hydrogens is 355 g/mol. The van der Waals surface area contributed by atoms with Crippen LogP contribution in [-0.4, -0.2) is 67.0 Å². The van der Waals surface area contributed by atoms with Gasteiger partial charge in [-0.1, -0.05) is 19.2 Å². The van der Waals surface area contributed by atoms with Gasteiger partial charge >= 0.3 is 13.2 Å². The van der Waals surface area contributed by atoms with Gasteiger partial charge in [-0.3, -0.25) is 0 Å². The van der Waals surface area contributed by atoms with Crippen LogP contribution in [0.15, 0.2) is 36.5 Å². The third-order valence-electron chi connectivity index (χ3n) is 5.06. The minimum absolute atomic E-state index is 0.342. The summed E-state index contributed by atoms with van der Waals surface area (Å²) in [6.45, 7) is 22.7. The van der Waals surface area contributed by atoms with Crippen molar-refractivity contribution in [1.82, 2.24) is 9.80 Å². The average Bonchev–Trinajstić information content (AvgIpc) is 2.75. The Kier molecular flexibility index (Phi) is 7.59. The SMILES string of the molecule is C=C/C(=C\C(=C)N(C)CCN(C)C(=O)OC(C)(C)C)B1OC(C)(C)C(C)(C)O1. The van der Waals surface area contributed by atoms with Gasteiger partial charge < -0.3 is 23.8 Å². The maximum Gasteiger partial charge on any atom is 0.494 e. The molecule has 7 heteroatoms. The molecule has 6 nitrogen and oxygen atoms in total. The molecule has 1 rings (SSSR count). The molecule has 1 amide bonds. The van der Waals surface area contributed by atoms with E-state index in [1.54, 1.807) is 18.0 Å². The number of hydrogen-bond donors (Lipinski definition) is 0. The molecule has 0 bridgehead atoms. The number of amides is 1. The highest BCUT2D eigenvalue weighted by Crippen LogP contribution is 2.38. The molecule has 28 heavy (non-hydrogen) atoms. The fourth-order valence-corrected chi connectivity index (χ4v) is 2.38. The first-order valence-corrected chi connectivity index (χ1v) is 9.63. The zero-order valence-corrected chi connectivity index (χ0v) is 19.1. The Bertz CT molecular complexity index is 619. The van der Waals surface area contributed by atoms with E-state index in [2.05, 4.69) is 13.2 Å². The predicted molar refractivity (Wildman–Crippen MR) is 115 cm³/mol. The zero-order chi connectivity index (χ0) is 21.9. The summed E-state index contributed by atoms with van der Waals surface area (Å²) < 4.78 is 17.5. The Morgan fingerprint density at radius 2 is 1.54 bits per heavy atom. The molecule has 0 aromatic carbocycles. The van der Waals surface area contributed by atoms with E-state index in [9.17, 15) is 4.79 Å². The van der Waals surface area contributed by atoms with Gasteiger partial charge in [0.05, 0.1) is 11.2 Å². The minimum atomic E-state index is -0.509. The largest absolute Gasteiger partial charge is 0.494 e. The van der Waals surface area contributed by atoms with Crippen LogP contribution in [0.2, 0.25) is 0 Å². The summed E-state index contributed by atoms with van der Waals surface area (Å²) in [5, 5.41) is 0. The number of carbonyl (C=O) groups excluding carboxylic acids is 1. The van der Waals surface area contributed by atoms with Crippen molar-refractivity contribution in [2.24, 2.45) is 0 Å². The van der Waals surface area contributed by atoms with Crippen molar-refractivity contribution in [3.8, 4) is 0 Å². The lowest BCUT2D eigenvalue weighted by molar-refractivity contribution is 0.00578. The predicted octanol–water partition coefficient (Wildman–Crippen LogP) is 4.04. The highest BCUT2D eigenvalue weighted by Gasteiger charge is 2.51. The van der Waals surface area contributed by atoms with Crippen molar-refractivity contribution in [2.45, 2.75) is 65.3 Å². The number of ether oxygens (including phenoxy) is 1. The highest BCUT2D eigenvalue weighted by atomic mass is 16.7. The molecule has 0 aromatic heterocycles. The van der Waals surface area contributed by atoms with Gasteiger partial charge in [0.15, 0.2) is 0 Å². The van der Waals surface area contributed by atoms with Gasteiger partial charge in [-0.25, -0.2) is 4.79 Å². The molecule has 1 fully saturated rings. The van der Waals surface area contributed by atoms with E-state index >= 15 is 0 Å². The number of likely N-dealkylation sites (N-methyl/N-ethyl adjacent to an activating group) is 2. The molecule has 0 aliphatic carbocycles. The minimum Gasteiger partial charge on any atom is -0.444 e. The maximum absolute atomic E-state index is 12.1. The molecule has 1 aliphatic rings. The van der Waals surface area contributed by atoms with Crippen LogP contribution in [0.25, 0.3) is 0 Å². The lowest BCUT2D eigenvalue weighted by atomic mass is 9.77. The molecule has 0 unspecified atom stereocenters. The van der Waals surface area contributed by atoms with Gasteiger partial charge in [0, 0.05) is 32.9 Å². The monoisotopic (exact) mass is 392 g/mol. The highest BCUT2D eigenvalue weighted by molar-refractivity contribution is 6.55. The fraction of sp³-hybridized carbons (Fsp3) is 0.667. The van der Waals surface area contributed by atoms with Crippen molar-refractivity contribution in [1.29, 1.82) is 0 Å².